The van der Waals surface area contributed by atoms with Gasteiger partial charge in [-0.3, -0.25) is 0 Å². The number of ether oxygens (including phenoxy) is 1. The van der Waals surface area contributed by atoms with Crippen molar-refractivity contribution in [1.29, 1.82) is 5.26 Å². The number of rotatable bonds is 4. The Bertz CT molecular complexity index is 675. The zero-order valence-electron chi connectivity index (χ0n) is 10.7. The maximum absolute atomic E-state index is 10.9. The summed E-state index contributed by atoms with van der Waals surface area (Å²) in [7, 11) is 1.50. The Labute approximate surface area is 120 Å². The van der Waals surface area contributed by atoms with Crippen molar-refractivity contribution >= 4 is 17.7 Å². The molecule has 1 N–H and O–H groups in total. The van der Waals surface area contributed by atoms with Crippen molar-refractivity contribution in [3.63, 3.8) is 0 Å². The van der Waals surface area contributed by atoms with Gasteiger partial charge < -0.3 is 9.84 Å². The lowest BCUT2D eigenvalue weighted by molar-refractivity contribution is 0.0696. The third-order valence-corrected chi connectivity index (χ3v) is 3.69. The van der Waals surface area contributed by atoms with Gasteiger partial charge in [0.2, 0.25) is 0 Å². The summed E-state index contributed by atoms with van der Waals surface area (Å²) in [5.41, 5.74) is 0.786. The predicted octanol–water partition coefficient (Wildman–Crippen LogP) is 3.42. The standard InChI is InChI=1S/C15H11NO3S/c1-19-13-8-11(15(17)18)4-7-14(13)20-12-5-2-10(9-16)3-6-12/h2-8H,1H3,(H,17,18). The lowest BCUT2D eigenvalue weighted by Gasteiger charge is -2.09. The van der Waals surface area contributed by atoms with Crippen LogP contribution in [-0.2, 0) is 0 Å². The first-order valence-electron chi connectivity index (χ1n) is 5.73. The van der Waals surface area contributed by atoms with Gasteiger partial charge in [-0.15, -0.1) is 0 Å². The van der Waals surface area contributed by atoms with Crippen LogP contribution >= 0.6 is 11.8 Å². The summed E-state index contributed by atoms with van der Waals surface area (Å²) in [6.07, 6.45) is 0. The Morgan fingerprint density at radius 1 is 1.25 bits per heavy atom. The molecular formula is C15H11NO3S. The average Bonchev–Trinajstić information content (AvgIpc) is 2.48. The van der Waals surface area contributed by atoms with Gasteiger partial charge in [0.15, 0.2) is 0 Å². The number of nitriles is 1. The van der Waals surface area contributed by atoms with Crippen LogP contribution in [0.3, 0.4) is 0 Å². The van der Waals surface area contributed by atoms with Crippen LogP contribution in [0.5, 0.6) is 5.75 Å². The molecule has 0 fully saturated rings. The van der Waals surface area contributed by atoms with E-state index in [0.29, 0.717) is 11.3 Å². The summed E-state index contributed by atoms with van der Waals surface area (Å²) in [5.74, 6) is -0.475. The molecular weight excluding hydrogens is 274 g/mol. The third-order valence-electron chi connectivity index (χ3n) is 2.62. The van der Waals surface area contributed by atoms with E-state index in [1.54, 1.807) is 18.2 Å². The smallest absolute Gasteiger partial charge is 0.335 e. The molecule has 0 atom stereocenters. The molecule has 0 saturated heterocycles. The van der Waals surface area contributed by atoms with Crippen molar-refractivity contribution in [1.82, 2.24) is 0 Å². The van der Waals surface area contributed by atoms with E-state index in [1.807, 2.05) is 12.1 Å². The fraction of sp³-hybridized carbons (Fsp3) is 0.0667. The first-order chi connectivity index (χ1) is 9.63. The monoisotopic (exact) mass is 285 g/mol. The van der Waals surface area contributed by atoms with Crippen LogP contribution in [-0.4, -0.2) is 18.2 Å². The van der Waals surface area contributed by atoms with Crippen LogP contribution in [0, 0.1) is 11.3 Å². The number of carboxylic acid groups (broad SMARTS) is 1. The molecule has 0 saturated carbocycles. The normalized spacial score (nSPS) is 9.80. The number of hydrogen-bond acceptors (Lipinski definition) is 4. The van der Waals surface area contributed by atoms with Crippen LogP contribution in [0.15, 0.2) is 52.3 Å². The van der Waals surface area contributed by atoms with E-state index in [-0.39, 0.29) is 5.56 Å². The highest BCUT2D eigenvalue weighted by Crippen LogP contribution is 2.35. The van der Waals surface area contributed by atoms with E-state index in [0.717, 1.165) is 9.79 Å². The zero-order chi connectivity index (χ0) is 14.5. The van der Waals surface area contributed by atoms with Gasteiger partial charge in [0.25, 0.3) is 0 Å². The molecule has 0 aliphatic rings. The van der Waals surface area contributed by atoms with Crippen molar-refractivity contribution in [2.24, 2.45) is 0 Å². The van der Waals surface area contributed by atoms with Gasteiger partial charge in [0, 0.05) is 4.90 Å². The number of carboxylic acids is 1. The molecule has 0 heterocycles. The lowest BCUT2D eigenvalue weighted by Crippen LogP contribution is -1.97. The molecule has 100 valence electrons. The van der Waals surface area contributed by atoms with Crippen molar-refractivity contribution in [3.8, 4) is 11.8 Å². The van der Waals surface area contributed by atoms with Gasteiger partial charge in [0.05, 0.1) is 29.2 Å². The summed E-state index contributed by atoms with van der Waals surface area (Å²) >= 11 is 1.45. The summed E-state index contributed by atoms with van der Waals surface area (Å²) in [6, 6.07) is 14.0. The van der Waals surface area contributed by atoms with Crippen molar-refractivity contribution < 1.29 is 14.6 Å². The van der Waals surface area contributed by atoms with Crippen LogP contribution in [0.1, 0.15) is 15.9 Å². The van der Waals surface area contributed by atoms with Gasteiger partial charge in [-0.2, -0.15) is 5.26 Å². The fourth-order valence-corrected chi connectivity index (χ4v) is 2.51. The second-order valence-corrected chi connectivity index (χ2v) is 5.02. The van der Waals surface area contributed by atoms with E-state index >= 15 is 0 Å². The van der Waals surface area contributed by atoms with Gasteiger partial charge in [-0.05, 0) is 42.5 Å². The number of carbonyl (C=O) groups is 1. The minimum absolute atomic E-state index is 0.186. The minimum Gasteiger partial charge on any atom is -0.496 e. The second kappa shape index (κ2) is 6.13. The van der Waals surface area contributed by atoms with E-state index in [4.69, 9.17) is 15.1 Å². The highest BCUT2D eigenvalue weighted by Gasteiger charge is 2.10. The fourth-order valence-electron chi connectivity index (χ4n) is 1.61. The molecule has 2 rings (SSSR count). The van der Waals surface area contributed by atoms with E-state index in [2.05, 4.69) is 6.07 Å². The number of hydrogen-bond donors (Lipinski definition) is 1. The Hall–Kier alpha value is -2.45. The van der Waals surface area contributed by atoms with Gasteiger partial charge in [0.1, 0.15) is 5.75 Å². The Kier molecular flexibility index (Phi) is 4.28. The van der Waals surface area contributed by atoms with Gasteiger partial charge >= 0.3 is 5.97 Å². The largest absolute Gasteiger partial charge is 0.496 e. The third kappa shape index (κ3) is 3.11. The molecule has 0 unspecified atom stereocenters. The highest BCUT2D eigenvalue weighted by atomic mass is 32.2. The molecule has 0 aliphatic heterocycles. The summed E-state index contributed by atoms with van der Waals surface area (Å²) in [5, 5.41) is 17.7. The molecule has 0 amide bonds. The average molecular weight is 285 g/mol. The minimum atomic E-state index is -0.988. The molecule has 2 aromatic rings. The van der Waals surface area contributed by atoms with Gasteiger partial charge in [-0.25, -0.2) is 4.79 Å². The first kappa shape index (κ1) is 14.0. The number of methoxy groups -OCH3 is 1. The maximum atomic E-state index is 10.9. The Morgan fingerprint density at radius 2 is 1.95 bits per heavy atom. The van der Waals surface area contributed by atoms with Crippen LogP contribution in [0.25, 0.3) is 0 Å². The SMILES string of the molecule is COc1cc(C(=O)O)ccc1Sc1ccc(C#N)cc1. The molecule has 0 bridgehead atoms. The number of nitrogens with zero attached hydrogens (tertiary/aromatic N) is 1. The van der Waals surface area contributed by atoms with Crippen molar-refractivity contribution in [2.75, 3.05) is 7.11 Å². The number of benzene rings is 2. The summed E-state index contributed by atoms with van der Waals surface area (Å²) in [6.45, 7) is 0. The lowest BCUT2D eigenvalue weighted by atomic mass is 10.2. The maximum Gasteiger partial charge on any atom is 0.335 e. The van der Waals surface area contributed by atoms with E-state index in [9.17, 15) is 4.79 Å². The molecule has 2 aromatic carbocycles. The first-order valence-corrected chi connectivity index (χ1v) is 6.55. The Balaban J connectivity index is 2.28. The molecule has 4 nitrogen and oxygen atoms in total. The zero-order valence-corrected chi connectivity index (χ0v) is 11.5. The molecule has 0 radical (unpaired) electrons. The summed E-state index contributed by atoms with van der Waals surface area (Å²) < 4.78 is 5.22. The predicted molar refractivity (Wildman–Crippen MR) is 75.2 cm³/mol. The van der Waals surface area contributed by atoms with Crippen molar-refractivity contribution in [3.05, 3.63) is 53.6 Å². The van der Waals surface area contributed by atoms with Crippen molar-refractivity contribution in [2.45, 2.75) is 9.79 Å². The van der Waals surface area contributed by atoms with E-state index in [1.165, 1.54) is 31.0 Å². The Morgan fingerprint density at radius 3 is 2.50 bits per heavy atom. The quantitative estimate of drug-likeness (QED) is 0.932. The second-order valence-electron chi connectivity index (χ2n) is 3.91. The molecule has 5 heteroatoms. The molecule has 0 aromatic heterocycles. The molecule has 20 heavy (non-hydrogen) atoms. The highest BCUT2D eigenvalue weighted by molar-refractivity contribution is 7.99. The molecule has 0 aliphatic carbocycles. The molecule has 0 spiro atoms. The van der Waals surface area contributed by atoms with Crippen LogP contribution < -0.4 is 4.74 Å². The van der Waals surface area contributed by atoms with Crippen LogP contribution in [0.4, 0.5) is 0 Å². The van der Waals surface area contributed by atoms with Gasteiger partial charge in [-0.1, -0.05) is 11.8 Å². The summed E-state index contributed by atoms with van der Waals surface area (Å²) in [4.78, 5) is 12.7. The topological polar surface area (TPSA) is 70.3 Å². The van der Waals surface area contributed by atoms with E-state index < -0.39 is 5.97 Å². The van der Waals surface area contributed by atoms with Crippen LogP contribution in [0.2, 0.25) is 0 Å². The number of aromatic carboxylic acids is 1.